The molecule has 8 heteroatoms. The van der Waals surface area contributed by atoms with Crippen LogP contribution in [0.2, 0.25) is 10.0 Å². The van der Waals surface area contributed by atoms with Crippen LogP contribution in [-0.4, -0.2) is 18.5 Å². The summed E-state index contributed by atoms with van der Waals surface area (Å²) < 4.78 is 30.2. The molecular formula is C25H18Cl2FNO4. The van der Waals surface area contributed by atoms with Crippen molar-refractivity contribution >= 4 is 41.1 Å². The first-order chi connectivity index (χ1) is 15.9. The van der Waals surface area contributed by atoms with Crippen LogP contribution in [0.15, 0.2) is 71.4 Å². The van der Waals surface area contributed by atoms with Crippen LogP contribution < -0.4 is 9.47 Å². The summed E-state index contributed by atoms with van der Waals surface area (Å²) in [6.07, 6.45) is 1.58. The van der Waals surface area contributed by atoms with E-state index >= 15 is 0 Å². The normalized spacial score (nSPS) is 14.2. The lowest BCUT2D eigenvalue weighted by atomic mass is 10.1. The molecule has 0 fully saturated rings. The Morgan fingerprint density at radius 1 is 1.03 bits per heavy atom. The number of hydrogen-bond acceptors (Lipinski definition) is 5. The second kappa shape index (κ2) is 10.1. The van der Waals surface area contributed by atoms with Crippen molar-refractivity contribution < 1.29 is 23.4 Å². The number of rotatable bonds is 7. The lowest BCUT2D eigenvalue weighted by molar-refractivity contribution is -0.129. The number of esters is 1. The Hall–Kier alpha value is -3.35. The Balaban J connectivity index is 1.57. The van der Waals surface area contributed by atoms with Crippen LogP contribution in [0.3, 0.4) is 0 Å². The first-order valence-electron chi connectivity index (χ1n) is 10.0. The van der Waals surface area contributed by atoms with Crippen molar-refractivity contribution in [3.63, 3.8) is 0 Å². The molecule has 0 spiro atoms. The predicted octanol–water partition coefficient (Wildman–Crippen LogP) is 6.45. The molecule has 0 aliphatic carbocycles. The summed E-state index contributed by atoms with van der Waals surface area (Å²) in [5.74, 6) is 0.161. The van der Waals surface area contributed by atoms with Crippen LogP contribution in [0.4, 0.5) is 4.39 Å². The number of cyclic esters (lactones) is 1. The minimum atomic E-state index is -0.597. The van der Waals surface area contributed by atoms with E-state index in [1.54, 1.807) is 54.6 Å². The number of nitrogens with zero attached hydrogens (tertiary/aromatic N) is 1. The number of aliphatic imine (C=N–C) groups is 1. The fraction of sp³-hybridized carbons (Fsp3) is 0.120. The summed E-state index contributed by atoms with van der Waals surface area (Å²) in [7, 11) is 0. The smallest absolute Gasteiger partial charge is 0.363 e. The van der Waals surface area contributed by atoms with Gasteiger partial charge in [-0.15, -0.1) is 0 Å². The number of halogens is 3. The number of benzene rings is 3. The molecule has 5 nitrogen and oxygen atoms in total. The standard InChI is InChI=1S/C25H18Cl2FNO4/c1-2-31-23-12-15(6-9-22(23)32-14-16-4-3-5-18(28)10-16)11-21-25(30)33-24(29-21)19-8-7-17(26)13-20(19)27/h3-13H,2,14H2,1H3/b21-11-. The second-order valence-electron chi connectivity index (χ2n) is 7.02. The highest BCUT2D eigenvalue weighted by Crippen LogP contribution is 2.31. The zero-order valence-corrected chi connectivity index (χ0v) is 19.0. The minimum Gasteiger partial charge on any atom is -0.490 e. The van der Waals surface area contributed by atoms with Gasteiger partial charge < -0.3 is 14.2 Å². The van der Waals surface area contributed by atoms with Gasteiger partial charge in [-0.25, -0.2) is 14.2 Å². The third-order valence-electron chi connectivity index (χ3n) is 4.64. The van der Waals surface area contributed by atoms with Crippen LogP contribution in [0, 0.1) is 5.82 Å². The van der Waals surface area contributed by atoms with E-state index in [9.17, 15) is 9.18 Å². The van der Waals surface area contributed by atoms with Gasteiger partial charge in [-0.3, -0.25) is 0 Å². The molecule has 1 heterocycles. The molecule has 0 unspecified atom stereocenters. The zero-order chi connectivity index (χ0) is 23.4. The molecule has 4 rings (SSSR count). The quantitative estimate of drug-likeness (QED) is 0.284. The minimum absolute atomic E-state index is 0.105. The molecule has 33 heavy (non-hydrogen) atoms. The molecular weight excluding hydrogens is 468 g/mol. The van der Waals surface area contributed by atoms with E-state index in [0.29, 0.717) is 44.8 Å². The summed E-state index contributed by atoms with van der Waals surface area (Å²) in [5.41, 5.74) is 1.94. The van der Waals surface area contributed by atoms with Crippen molar-refractivity contribution in [2.75, 3.05) is 6.61 Å². The van der Waals surface area contributed by atoms with Gasteiger partial charge in [0, 0.05) is 5.02 Å². The van der Waals surface area contributed by atoms with E-state index in [0.717, 1.165) is 0 Å². The highest BCUT2D eigenvalue weighted by atomic mass is 35.5. The SMILES string of the molecule is CCOc1cc(/C=C2\N=C(c3ccc(Cl)cc3Cl)OC2=O)ccc1OCc1cccc(F)c1. The molecule has 0 bridgehead atoms. The number of carbonyl (C=O) groups excluding carboxylic acids is 1. The van der Waals surface area contributed by atoms with Crippen molar-refractivity contribution in [3.8, 4) is 11.5 Å². The topological polar surface area (TPSA) is 57.1 Å². The molecule has 0 amide bonds. The maximum Gasteiger partial charge on any atom is 0.363 e. The first kappa shape index (κ1) is 22.8. The molecule has 3 aromatic carbocycles. The van der Waals surface area contributed by atoms with Crippen molar-refractivity contribution in [2.24, 2.45) is 4.99 Å². The summed E-state index contributed by atoms with van der Waals surface area (Å²) in [6.45, 7) is 2.44. The largest absolute Gasteiger partial charge is 0.490 e. The number of ether oxygens (including phenoxy) is 3. The molecule has 0 atom stereocenters. The average Bonchev–Trinajstić information content (AvgIpc) is 3.13. The molecule has 3 aromatic rings. The molecule has 1 aliphatic rings. The lowest BCUT2D eigenvalue weighted by Crippen LogP contribution is -2.06. The van der Waals surface area contributed by atoms with Gasteiger partial charge in [0.05, 0.1) is 17.2 Å². The molecule has 0 aromatic heterocycles. The van der Waals surface area contributed by atoms with E-state index in [4.69, 9.17) is 37.4 Å². The number of hydrogen-bond donors (Lipinski definition) is 0. The van der Waals surface area contributed by atoms with E-state index in [-0.39, 0.29) is 24.0 Å². The average molecular weight is 486 g/mol. The van der Waals surface area contributed by atoms with Crippen molar-refractivity contribution in [1.29, 1.82) is 0 Å². The van der Waals surface area contributed by atoms with Crippen LogP contribution in [0.25, 0.3) is 6.08 Å². The molecule has 1 aliphatic heterocycles. The predicted molar refractivity (Wildman–Crippen MR) is 125 cm³/mol. The van der Waals surface area contributed by atoms with Crippen LogP contribution in [-0.2, 0) is 16.1 Å². The van der Waals surface area contributed by atoms with E-state index in [1.165, 1.54) is 12.1 Å². The summed E-state index contributed by atoms with van der Waals surface area (Å²) in [5, 5.41) is 0.793. The highest BCUT2D eigenvalue weighted by molar-refractivity contribution is 6.37. The van der Waals surface area contributed by atoms with E-state index in [2.05, 4.69) is 4.99 Å². The zero-order valence-electron chi connectivity index (χ0n) is 17.5. The third-order valence-corrected chi connectivity index (χ3v) is 5.18. The van der Waals surface area contributed by atoms with Gasteiger partial charge in [-0.2, -0.15) is 0 Å². The fourth-order valence-electron chi connectivity index (χ4n) is 3.13. The van der Waals surface area contributed by atoms with Gasteiger partial charge in [0.15, 0.2) is 17.2 Å². The Morgan fingerprint density at radius 3 is 2.64 bits per heavy atom. The Kier molecular flexibility index (Phi) is 6.96. The Morgan fingerprint density at radius 2 is 1.88 bits per heavy atom. The molecule has 168 valence electrons. The fourth-order valence-corrected chi connectivity index (χ4v) is 3.62. The summed E-state index contributed by atoms with van der Waals surface area (Å²) in [6, 6.07) is 16.2. The molecule has 0 saturated heterocycles. The van der Waals surface area contributed by atoms with E-state index < -0.39 is 5.97 Å². The van der Waals surface area contributed by atoms with Gasteiger partial charge in [0.1, 0.15) is 12.4 Å². The van der Waals surface area contributed by atoms with Crippen LogP contribution >= 0.6 is 23.2 Å². The van der Waals surface area contributed by atoms with Gasteiger partial charge in [-0.05, 0) is 66.6 Å². The third kappa shape index (κ3) is 5.53. The Bertz CT molecular complexity index is 1270. The molecule has 0 radical (unpaired) electrons. The maximum absolute atomic E-state index is 13.4. The van der Waals surface area contributed by atoms with Crippen LogP contribution in [0.5, 0.6) is 11.5 Å². The summed E-state index contributed by atoms with van der Waals surface area (Å²) in [4.78, 5) is 16.6. The van der Waals surface area contributed by atoms with Crippen LogP contribution in [0.1, 0.15) is 23.6 Å². The van der Waals surface area contributed by atoms with Crippen molar-refractivity contribution in [1.82, 2.24) is 0 Å². The molecule has 0 saturated carbocycles. The number of carbonyl (C=O) groups is 1. The Labute approximate surface area is 200 Å². The van der Waals surface area contributed by atoms with Gasteiger partial charge in [-0.1, -0.05) is 41.4 Å². The van der Waals surface area contributed by atoms with E-state index in [1.807, 2.05) is 6.92 Å². The van der Waals surface area contributed by atoms with Gasteiger partial charge in [0.2, 0.25) is 5.90 Å². The lowest BCUT2D eigenvalue weighted by Gasteiger charge is -2.13. The van der Waals surface area contributed by atoms with Gasteiger partial charge >= 0.3 is 5.97 Å². The first-order valence-corrected chi connectivity index (χ1v) is 10.8. The van der Waals surface area contributed by atoms with Gasteiger partial charge in [0.25, 0.3) is 0 Å². The monoisotopic (exact) mass is 485 g/mol. The molecule has 0 N–H and O–H groups in total. The highest BCUT2D eigenvalue weighted by Gasteiger charge is 2.25. The summed E-state index contributed by atoms with van der Waals surface area (Å²) >= 11 is 12.1. The van der Waals surface area contributed by atoms with Crippen molar-refractivity contribution in [3.05, 3.63) is 98.9 Å². The van der Waals surface area contributed by atoms with Crippen molar-refractivity contribution in [2.45, 2.75) is 13.5 Å². The second-order valence-corrected chi connectivity index (χ2v) is 7.86. The maximum atomic E-state index is 13.4.